The second-order valence-corrected chi connectivity index (χ2v) is 8.02. The second kappa shape index (κ2) is 11.2. The van der Waals surface area contributed by atoms with Gasteiger partial charge in [0, 0.05) is 48.1 Å². The Morgan fingerprint density at radius 3 is 2.56 bits per heavy atom. The zero-order valence-electron chi connectivity index (χ0n) is 19.4. The zero-order valence-corrected chi connectivity index (χ0v) is 20.2. The molecule has 180 valence electrons. The lowest BCUT2D eigenvalue weighted by molar-refractivity contribution is -0.137. The van der Waals surface area contributed by atoms with Gasteiger partial charge in [-0.15, -0.1) is 12.4 Å². The van der Waals surface area contributed by atoms with Crippen LogP contribution >= 0.6 is 12.4 Å². The number of unbranched alkanes of at least 4 members (excludes halogenated alkanes) is 2. The number of aliphatic carboxylic acids is 1. The maximum atomic E-state index is 12.7. The number of carboxylic acid groups (broad SMARTS) is 1. The van der Waals surface area contributed by atoms with Gasteiger partial charge < -0.3 is 19.2 Å². The van der Waals surface area contributed by atoms with Gasteiger partial charge in [-0.25, -0.2) is 4.98 Å². The lowest BCUT2D eigenvalue weighted by Crippen LogP contribution is -2.21. The van der Waals surface area contributed by atoms with Gasteiger partial charge in [-0.1, -0.05) is 0 Å². The Bertz CT molecular complexity index is 1320. The van der Waals surface area contributed by atoms with Crippen LogP contribution in [0.25, 0.3) is 33.3 Å². The van der Waals surface area contributed by atoms with Gasteiger partial charge in [0.15, 0.2) is 16.8 Å². The molecule has 2 aliphatic rings. The van der Waals surface area contributed by atoms with Crippen molar-refractivity contribution in [3.05, 3.63) is 52.7 Å². The largest absolute Gasteiger partial charge is 0.494 e. The summed E-state index contributed by atoms with van der Waals surface area (Å²) in [6.45, 7) is 6.47. The van der Waals surface area contributed by atoms with Crippen LogP contribution in [0, 0.1) is 0 Å². The highest BCUT2D eigenvalue weighted by atomic mass is 35.5. The molecule has 0 fully saturated rings. The van der Waals surface area contributed by atoms with Crippen molar-refractivity contribution in [1.29, 1.82) is 0 Å². The van der Waals surface area contributed by atoms with Crippen molar-refractivity contribution in [2.75, 3.05) is 24.6 Å². The number of nitrogens with zero attached hydrogens (tertiary/aromatic N) is 2. The Hall–Kier alpha value is -3.32. The van der Waals surface area contributed by atoms with E-state index < -0.39 is 5.97 Å². The molecule has 0 radical (unpaired) electrons. The molecule has 1 N–H and O–H groups in total. The number of fused-ring (bicyclic) bond motifs is 4. The number of halogens is 1. The van der Waals surface area contributed by atoms with Gasteiger partial charge in [0.05, 0.1) is 6.61 Å². The molecule has 0 saturated heterocycles. The van der Waals surface area contributed by atoms with E-state index in [-0.39, 0.29) is 24.3 Å². The molecule has 0 aromatic heterocycles. The molecular formula is C26H29ClN2O5. The van der Waals surface area contributed by atoms with Crippen LogP contribution in [0.5, 0.6) is 5.75 Å². The molecule has 2 aromatic rings. The highest BCUT2D eigenvalue weighted by Crippen LogP contribution is 2.33. The van der Waals surface area contributed by atoms with Gasteiger partial charge in [0.1, 0.15) is 17.0 Å². The van der Waals surface area contributed by atoms with E-state index in [1.165, 1.54) is 6.07 Å². The second-order valence-electron chi connectivity index (χ2n) is 8.02. The van der Waals surface area contributed by atoms with Gasteiger partial charge in [-0.05, 0) is 63.4 Å². The topological polar surface area (TPSA) is 92.9 Å². The van der Waals surface area contributed by atoms with Gasteiger partial charge in [-0.3, -0.25) is 9.59 Å². The first-order chi connectivity index (χ1) is 16.0. The normalized spacial score (nSPS) is 11.0. The quantitative estimate of drug-likeness (QED) is 0.174. The molecule has 1 aliphatic heterocycles. The van der Waals surface area contributed by atoms with Gasteiger partial charge in [-0.2, -0.15) is 0 Å². The lowest BCUT2D eigenvalue weighted by atomic mass is 10.0. The lowest BCUT2D eigenvalue weighted by Gasteiger charge is -2.21. The van der Waals surface area contributed by atoms with Crippen molar-refractivity contribution >= 4 is 45.9 Å². The minimum absolute atomic E-state index is 0. The SMILES string of the molecule is CCN(CC)c1ccc2nc3c4cc(OCCCCCC(=O)O)ccc4c(=O)cc-3oc2c1.Cl. The standard InChI is InChI=1S/C26H28N2O5.ClH/c1-3-28(4-2)17-9-12-21-23(14-17)33-24-16-22(29)19-11-10-18(15-20(19)26(24)27-21)32-13-7-5-6-8-25(30)31;/h9-12,14-16H,3-8,13H2,1-2H3,(H,30,31);1H. The van der Waals surface area contributed by atoms with E-state index in [1.54, 1.807) is 12.1 Å². The third-order valence-corrected chi connectivity index (χ3v) is 5.84. The maximum Gasteiger partial charge on any atom is 0.303 e. The van der Waals surface area contributed by atoms with Crippen LogP contribution in [0.1, 0.15) is 39.5 Å². The highest BCUT2D eigenvalue weighted by Gasteiger charge is 2.17. The number of hydrogen-bond acceptors (Lipinski definition) is 6. The number of benzene rings is 3. The predicted molar refractivity (Wildman–Crippen MR) is 137 cm³/mol. The summed E-state index contributed by atoms with van der Waals surface area (Å²) < 4.78 is 12.0. The Kier molecular flexibility index (Phi) is 8.34. The summed E-state index contributed by atoms with van der Waals surface area (Å²) in [6, 6.07) is 12.8. The van der Waals surface area contributed by atoms with Crippen LogP contribution in [0.2, 0.25) is 0 Å². The van der Waals surface area contributed by atoms with E-state index in [1.807, 2.05) is 24.3 Å². The Morgan fingerprint density at radius 1 is 1.03 bits per heavy atom. The molecule has 1 aliphatic carbocycles. The molecule has 0 amide bonds. The minimum Gasteiger partial charge on any atom is -0.494 e. The average Bonchev–Trinajstić information content (AvgIpc) is 2.81. The van der Waals surface area contributed by atoms with E-state index in [0.717, 1.165) is 37.1 Å². The molecular weight excluding hydrogens is 456 g/mol. The molecule has 7 nitrogen and oxygen atoms in total. The van der Waals surface area contributed by atoms with E-state index in [4.69, 9.17) is 19.2 Å². The predicted octanol–water partition coefficient (Wildman–Crippen LogP) is 5.74. The number of hydrogen-bond donors (Lipinski definition) is 1. The van der Waals surface area contributed by atoms with E-state index >= 15 is 0 Å². The molecule has 1 heterocycles. The number of aromatic nitrogens is 1. The fourth-order valence-electron chi connectivity index (χ4n) is 4.06. The summed E-state index contributed by atoms with van der Waals surface area (Å²) in [7, 11) is 0. The van der Waals surface area contributed by atoms with Crippen LogP contribution < -0.4 is 15.1 Å². The monoisotopic (exact) mass is 484 g/mol. The number of carboxylic acids is 1. The van der Waals surface area contributed by atoms with Gasteiger partial charge in [0.2, 0.25) is 0 Å². The maximum absolute atomic E-state index is 12.7. The van der Waals surface area contributed by atoms with E-state index in [9.17, 15) is 9.59 Å². The fourth-order valence-corrected chi connectivity index (χ4v) is 4.06. The van der Waals surface area contributed by atoms with Crippen LogP contribution in [0.4, 0.5) is 5.69 Å². The fraction of sp³-hybridized carbons (Fsp3) is 0.346. The van der Waals surface area contributed by atoms with Crippen LogP contribution in [0.15, 0.2) is 51.7 Å². The summed E-state index contributed by atoms with van der Waals surface area (Å²) in [5.41, 5.74) is 2.92. The molecule has 0 spiro atoms. The molecule has 4 rings (SSSR count). The molecule has 0 saturated carbocycles. The highest BCUT2D eigenvalue weighted by molar-refractivity contribution is 5.97. The van der Waals surface area contributed by atoms with Gasteiger partial charge in [0.25, 0.3) is 0 Å². The third-order valence-electron chi connectivity index (χ3n) is 5.84. The van der Waals surface area contributed by atoms with Crippen molar-refractivity contribution in [1.82, 2.24) is 4.98 Å². The first kappa shape index (κ1) is 25.3. The Morgan fingerprint density at radius 2 is 1.82 bits per heavy atom. The summed E-state index contributed by atoms with van der Waals surface area (Å²) in [4.78, 5) is 30.3. The van der Waals surface area contributed by atoms with Crippen molar-refractivity contribution < 1.29 is 19.1 Å². The van der Waals surface area contributed by atoms with Crippen LogP contribution in [-0.2, 0) is 4.79 Å². The molecule has 2 aromatic carbocycles. The van der Waals surface area contributed by atoms with Crippen molar-refractivity contribution in [2.45, 2.75) is 39.5 Å². The molecule has 0 unspecified atom stereocenters. The molecule has 0 bridgehead atoms. The van der Waals surface area contributed by atoms with Gasteiger partial charge >= 0.3 is 5.97 Å². The number of ether oxygens (including phenoxy) is 1. The summed E-state index contributed by atoms with van der Waals surface area (Å²) in [5.74, 6) is 0.314. The Balaban J connectivity index is 0.00000324. The Labute approximate surface area is 204 Å². The summed E-state index contributed by atoms with van der Waals surface area (Å²) in [6.07, 6.45) is 2.36. The summed E-state index contributed by atoms with van der Waals surface area (Å²) >= 11 is 0. The molecule has 8 heteroatoms. The molecule has 0 atom stereocenters. The number of carbonyl (C=O) groups is 1. The van der Waals surface area contributed by atoms with Crippen molar-refractivity contribution in [3.8, 4) is 17.2 Å². The van der Waals surface area contributed by atoms with Crippen molar-refractivity contribution in [2.24, 2.45) is 0 Å². The average molecular weight is 485 g/mol. The van der Waals surface area contributed by atoms with E-state index in [2.05, 4.69) is 18.7 Å². The smallest absolute Gasteiger partial charge is 0.303 e. The van der Waals surface area contributed by atoms with Crippen molar-refractivity contribution in [3.63, 3.8) is 0 Å². The summed E-state index contributed by atoms with van der Waals surface area (Å²) in [5, 5.41) is 9.97. The van der Waals surface area contributed by atoms with Crippen LogP contribution in [0.3, 0.4) is 0 Å². The first-order valence-corrected chi connectivity index (χ1v) is 11.4. The van der Waals surface area contributed by atoms with E-state index in [0.29, 0.717) is 46.6 Å². The number of anilines is 1. The first-order valence-electron chi connectivity index (χ1n) is 11.4. The third kappa shape index (κ3) is 5.42. The number of rotatable bonds is 10. The minimum atomic E-state index is -0.777. The zero-order chi connectivity index (χ0) is 23.4. The molecule has 34 heavy (non-hydrogen) atoms. The van der Waals surface area contributed by atoms with Crippen LogP contribution in [-0.4, -0.2) is 35.8 Å².